The molecule has 0 aliphatic heterocycles. The molecule has 0 aliphatic carbocycles. The largest absolute Gasteiger partial charge is 0.508 e. The second-order valence-corrected chi connectivity index (χ2v) is 4.18. The molecular weight excluding hydrogens is 232 g/mol. The van der Waals surface area contributed by atoms with E-state index < -0.39 is 0 Å². The monoisotopic (exact) mass is 252 g/mol. The lowest BCUT2D eigenvalue weighted by Gasteiger charge is -2.20. The summed E-state index contributed by atoms with van der Waals surface area (Å²) in [6.07, 6.45) is -0.0128. The van der Waals surface area contributed by atoms with E-state index in [-0.39, 0.29) is 24.2 Å². The first kappa shape index (κ1) is 14.5. The summed E-state index contributed by atoms with van der Waals surface area (Å²) in [5.41, 5.74) is 6.19. The van der Waals surface area contributed by atoms with Gasteiger partial charge in [-0.3, -0.25) is 4.79 Å². The minimum absolute atomic E-state index is 0.0597. The minimum atomic E-state index is -0.260. The average molecular weight is 252 g/mol. The zero-order valence-electron chi connectivity index (χ0n) is 10.8. The van der Waals surface area contributed by atoms with Gasteiger partial charge in [-0.1, -0.05) is 18.2 Å². The van der Waals surface area contributed by atoms with Crippen molar-refractivity contribution in [1.82, 2.24) is 4.90 Å². The summed E-state index contributed by atoms with van der Waals surface area (Å²) >= 11 is 0. The number of methoxy groups -OCH3 is 1. The Kier molecular flexibility index (Phi) is 5.61. The summed E-state index contributed by atoms with van der Waals surface area (Å²) in [6, 6.07) is 6.96. The van der Waals surface area contributed by atoms with Crippen LogP contribution in [0.25, 0.3) is 0 Å². The third-order valence-corrected chi connectivity index (χ3v) is 2.82. The van der Waals surface area contributed by atoms with Gasteiger partial charge in [0.2, 0.25) is 5.91 Å². The first-order valence-corrected chi connectivity index (χ1v) is 5.82. The molecule has 0 aliphatic rings. The Morgan fingerprint density at radius 2 is 2.17 bits per heavy atom. The smallest absolute Gasteiger partial charge is 0.225 e. The zero-order chi connectivity index (χ0) is 13.5. The summed E-state index contributed by atoms with van der Waals surface area (Å²) in [7, 11) is 3.23. The maximum atomic E-state index is 11.9. The van der Waals surface area contributed by atoms with Gasteiger partial charge in [-0.25, -0.2) is 0 Å². The van der Waals surface area contributed by atoms with Crippen molar-refractivity contribution in [2.75, 3.05) is 20.7 Å². The number of rotatable bonds is 6. The molecule has 100 valence electrons. The number of benzene rings is 1. The first-order chi connectivity index (χ1) is 8.58. The van der Waals surface area contributed by atoms with Crippen molar-refractivity contribution in [1.29, 1.82) is 0 Å². The number of ether oxygens (including phenoxy) is 1. The molecule has 0 aromatic heterocycles. The SMILES string of the molecule is COC(CN)CC(=O)N(C)Cc1ccccc1O. The number of amides is 1. The van der Waals surface area contributed by atoms with Crippen LogP contribution in [0.15, 0.2) is 24.3 Å². The van der Waals surface area contributed by atoms with Crippen LogP contribution in [-0.2, 0) is 16.1 Å². The van der Waals surface area contributed by atoms with Crippen molar-refractivity contribution in [3.05, 3.63) is 29.8 Å². The number of hydrogen-bond acceptors (Lipinski definition) is 4. The Morgan fingerprint density at radius 1 is 1.50 bits per heavy atom. The highest BCUT2D eigenvalue weighted by Gasteiger charge is 2.16. The molecule has 18 heavy (non-hydrogen) atoms. The van der Waals surface area contributed by atoms with E-state index in [0.29, 0.717) is 13.1 Å². The molecule has 3 N–H and O–H groups in total. The number of nitrogens with two attached hydrogens (primary N) is 1. The van der Waals surface area contributed by atoms with E-state index in [1.54, 1.807) is 30.1 Å². The maximum Gasteiger partial charge on any atom is 0.225 e. The standard InChI is InChI=1S/C13H20N2O3/c1-15(13(17)7-11(8-14)18-2)9-10-5-3-4-6-12(10)16/h3-6,11,16H,7-9,14H2,1-2H3. The van der Waals surface area contributed by atoms with E-state index in [1.807, 2.05) is 6.07 Å². The predicted molar refractivity (Wildman–Crippen MR) is 69.0 cm³/mol. The lowest BCUT2D eigenvalue weighted by molar-refractivity contribution is -0.132. The molecule has 1 aromatic carbocycles. The molecule has 1 aromatic rings. The number of carbonyl (C=O) groups excluding carboxylic acids is 1. The molecule has 0 saturated heterocycles. The van der Waals surface area contributed by atoms with Crippen molar-refractivity contribution >= 4 is 5.91 Å². The second-order valence-electron chi connectivity index (χ2n) is 4.18. The van der Waals surface area contributed by atoms with Gasteiger partial charge in [0, 0.05) is 32.8 Å². The van der Waals surface area contributed by atoms with Crippen LogP contribution in [-0.4, -0.2) is 42.7 Å². The normalized spacial score (nSPS) is 12.2. The van der Waals surface area contributed by atoms with E-state index in [2.05, 4.69) is 0 Å². The predicted octanol–water partition coefficient (Wildman–Crippen LogP) is 0.714. The van der Waals surface area contributed by atoms with E-state index in [9.17, 15) is 9.90 Å². The quantitative estimate of drug-likeness (QED) is 0.782. The van der Waals surface area contributed by atoms with Crippen LogP contribution in [0, 0.1) is 0 Å². The van der Waals surface area contributed by atoms with Crippen LogP contribution >= 0.6 is 0 Å². The van der Waals surface area contributed by atoms with Crippen molar-refractivity contribution < 1.29 is 14.6 Å². The number of carbonyl (C=O) groups is 1. The van der Waals surface area contributed by atoms with Crippen molar-refractivity contribution in [3.63, 3.8) is 0 Å². The number of nitrogens with zero attached hydrogens (tertiary/aromatic N) is 1. The van der Waals surface area contributed by atoms with Crippen LogP contribution in [0.1, 0.15) is 12.0 Å². The van der Waals surface area contributed by atoms with Gasteiger partial charge in [0.25, 0.3) is 0 Å². The lowest BCUT2D eigenvalue weighted by Crippen LogP contribution is -2.33. The number of phenols is 1. The van der Waals surface area contributed by atoms with Gasteiger partial charge in [-0.2, -0.15) is 0 Å². The molecular formula is C13H20N2O3. The summed E-state index contributed by atoms with van der Waals surface area (Å²) in [5, 5.41) is 9.63. The molecule has 1 amide bonds. The van der Waals surface area contributed by atoms with Gasteiger partial charge in [0.05, 0.1) is 12.5 Å². The molecule has 0 radical (unpaired) electrons. The number of hydrogen-bond donors (Lipinski definition) is 2. The van der Waals surface area contributed by atoms with Gasteiger partial charge >= 0.3 is 0 Å². The number of phenolic OH excluding ortho intramolecular Hbond substituents is 1. The van der Waals surface area contributed by atoms with Gasteiger partial charge < -0.3 is 20.5 Å². The topological polar surface area (TPSA) is 75.8 Å². The Hall–Kier alpha value is -1.59. The molecule has 0 bridgehead atoms. The third-order valence-electron chi connectivity index (χ3n) is 2.82. The molecule has 1 rings (SSSR count). The summed E-state index contributed by atoms with van der Waals surface area (Å²) in [4.78, 5) is 13.4. The Labute approximate surface area is 107 Å². The highest BCUT2D eigenvalue weighted by molar-refractivity contribution is 5.76. The number of aromatic hydroxyl groups is 1. The van der Waals surface area contributed by atoms with E-state index in [1.165, 1.54) is 7.11 Å². The van der Waals surface area contributed by atoms with Crippen LogP contribution < -0.4 is 5.73 Å². The molecule has 1 atom stereocenters. The van der Waals surface area contributed by atoms with E-state index in [4.69, 9.17) is 10.5 Å². The van der Waals surface area contributed by atoms with E-state index in [0.717, 1.165) is 5.56 Å². The van der Waals surface area contributed by atoms with Gasteiger partial charge in [-0.15, -0.1) is 0 Å². The molecule has 0 fully saturated rings. The Morgan fingerprint density at radius 3 is 2.72 bits per heavy atom. The molecule has 5 nitrogen and oxygen atoms in total. The second kappa shape index (κ2) is 6.98. The zero-order valence-corrected chi connectivity index (χ0v) is 10.8. The van der Waals surface area contributed by atoms with Crippen LogP contribution in [0.4, 0.5) is 0 Å². The van der Waals surface area contributed by atoms with Crippen molar-refractivity contribution in [2.45, 2.75) is 19.1 Å². The van der Waals surface area contributed by atoms with Crippen LogP contribution in [0.3, 0.4) is 0 Å². The summed E-state index contributed by atoms with van der Waals surface area (Å²) in [6.45, 7) is 0.680. The lowest BCUT2D eigenvalue weighted by atomic mass is 10.1. The Bertz CT molecular complexity index is 392. The molecule has 0 heterocycles. The van der Waals surface area contributed by atoms with Gasteiger partial charge in [-0.05, 0) is 6.07 Å². The first-order valence-electron chi connectivity index (χ1n) is 5.82. The molecule has 0 saturated carbocycles. The summed E-state index contributed by atoms with van der Waals surface area (Å²) < 4.78 is 5.07. The van der Waals surface area contributed by atoms with Crippen LogP contribution in [0.2, 0.25) is 0 Å². The van der Waals surface area contributed by atoms with Crippen LogP contribution in [0.5, 0.6) is 5.75 Å². The van der Waals surface area contributed by atoms with E-state index >= 15 is 0 Å². The summed E-state index contributed by atoms with van der Waals surface area (Å²) in [5.74, 6) is 0.134. The highest BCUT2D eigenvalue weighted by Crippen LogP contribution is 2.17. The van der Waals surface area contributed by atoms with Gasteiger partial charge in [0.15, 0.2) is 0 Å². The highest BCUT2D eigenvalue weighted by atomic mass is 16.5. The van der Waals surface area contributed by atoms with Crippen molar-refractivity contribution in [3.8, 4) is 5.75 Å². The fourth-order valence-corrected chi connectivity index (χ4v) is 1.60. The fraction of sp³-hybridized carbons (Fsp3) is 0.462. The fourth-order valence-electron chi connectivity index (χ4n) is 1.60. The molecule has 0 spiro atoms. The average Bonchev–Trinajstić information content (AvgIpc) is 2.38. The number of para-hydroxylation sites is 1. The third kappa shape index (κ3) is 4.01. The Balaban J connectivity index is 2.57. The molecule has 5 heteroatoms. The minimum Gasteiger partial charge on any atom is -0.508 e. The van der Waals surface area contributed by atoms with Crippen molar-refractivity contribution in [2.24, 2.45) is 5.73 Å². The molecule has 1 unspecified atom stereocenters. The maximum absolute atomic E-state index is 11.9. The van der Waals surface area contributed by atoms with Gasteiger partial charge in [0.1, 0.15) is 5.75 Å².